The number of Topliss-reactive ketones (excluding diaryl/α,β-unsaturated/α-hetero) is 1. The molecule has 1 heterocycles. The van der Waals surface area contributed by atoms with Crippen LogP contribution in [0, 0.1) is 0 Å². The van der Waals surface area contributed by atoms with E-state index < -0.39 is 0 Å². The van der Waals surface area contributed by atoms with Crippen molar-refractivity contribution in [2.75, 3.05) is 25.6 Å². The van der Waals surface area contributed by atoms with Gasteiger partial charge in [-0.25, -0.2) is 0 Å². The Hall–Kier alpha value is -0.0600. The molecule has 1 aliphatic rings. The van der Waals surface area contributed by atoms with Crippen LogP contribution in [0.5, 0.6) is 0 Å². The van der Waals surface area contributed by atoms with Gasteiger partial charge in [0.15, 0.2) is 0 Å². The van der Waals surface area contributed by atoms with E-state index in [9.17, 15) is 4.79 Å². The number of hydrogen-bond donors (Lipinski definition) is 2. The van der Waals surface area contributed by atoms with Crippen molar-refractivity contribution >= 4 is 17.5 Å². The summed E-state index contributed by atoms with van der Waals surface area (Å²) in [7, 11) is 4.06. The summed E-state index contributed by atoms with van der Waals surface area (Å²) in [5, 5.41) is 6.56. The standard InChI is InChI=1S/C6H14N2S.C6H12O/c1-7-5-3-9-4-6(5)8-2;1-3-4-5-6(2)7/h5-8H,3-4H2,1-2H3;3-5H2,1-2H3. The predicted molar refractivity (Wildman–Crippen MR) is 73.2 cm³/mol. The first-order valence-corrected chi connectivity index (χ1v) is 7.22. The fourth-order valence-corrected chi connectivity index (χ4v) is 2.99. The molecule has 16 heavy (non-hydrogen) atoms. The summed E-state index contributed by atoms with van der Waals surface area (Å²) >= 11 is 2.01. The first-order chi connectivity index (χ1) is 7.65. The Morgan fingerprint density at radius 3 is 2.00 bits per heavy atom. The van der Waals surface area contributed by atoms with Gasteiger partial charge < -0.3 is 15.4 Å². The first-order valence-electron chi connectivity index (χ1n) is 6.07. The van der Waals surface area contributed by atoms with Crippen LogP contribution in [0.25, 0.3) is 0 Å². The molecule has 0 aromatic carbocycles. The molecule has 2 unspecified atom stereocenters. The second-order valence-electron chi connectivity index (χ2n) is 4.13. The topological polar surface area (TPSA) is 41.1 Å². The zero-order valence-electron chi connectivity index (χ0n) is 11.0. The minimum Gasteiger partial charge on any atom is -0.315 e. The Labute approximate surface area is 104 Å². The monoisotopic (exact) mass is 246 g/mol. The maximum Gasteiger partial charge on any atom is 0.129 e. The summed E-state index contributed by atoms with van der Waals surface area (Å²) in [4.78, 5) is 10.2. The number of nitrogens with one attached hydrogen (secondary N) is 2. The number of carbonyl (C=O) groups excluding carboxylic acids is 1. The Morgan fingerprint density at radius 2 is 1.75 bits per heavy atom. The third-order valence-corrected chi connectivity index (χ3v) is 3.89. The number of hydrogen-bond acceptors (Lipinski definition) is 4. The van der Waals surface area contributed by atoms with Crippen molar-refractivity contribution < 1.29 is 4.79 Å². The lowest BCUT2D eigenvalue weighted by Gasteiger charge is -2.16. The second kappa shape index (κ2) is 10.1. The first kappa shape index (κ1) is 15.9. The second-order valence-corrected chi connectivity index (χ2v) is 5.21. The van der Waals surface area contributed by atoms with E-state index in [1.165, 1.54) is 11.5 Å². The number of thioether (sulfide) groups is 1. The largest absolute Gasteiger partial charge is 0.315 e. The van der Waals surface area contributed by atoms with Crippen LogP contribution in [0.2, 0.25) is 0 Å². The fourth-order valence-electron chi connectivity index (χ4n) is 1.55. The SMILES string of the molecule is CCCCC(C)=O.CNC1CSCC1NC. The molecule has 3 nitrogen and oxygen atoms in total. The highest BCUT2D eigenvalue weighted by molar-refractivity contribution is 7.99. The molecule has 1 fully saturated rings. The van der Waals surface area contributed by atoms with Gasteiger partial charge in [0.25, 0.3) is 0 Å². The van der Waals surface area contributed by atoms with Crippen molar-refractivity contribution in [1.29, 1.82) is 0 Å². The molecule has 0 amide bonds. The molecule has 0 aliphatic carbocycles. The predicted octanol–water partition coefficient (Wildman–Crippen LogP) is 1.67. The maximum atomic E-state index is 10.2. The van der Waals surface area contributed by atoms with Gasteiger partial charge in [0.1, 0.15) is 5.78 Å². The van der Waals surface area contributed by atoms with Gasteiger partial charge in [-0.3, -0.25) is 0 Å². The van der Waals surface area contributed by atoms with Crippen LogP contribution < -0.4 is 10.6 Å². The highest BCUT2D eigenvalue weighted by atomic mass is 32.2. The highest BCUT2D eigenvalue weighted by Crippen LogP contribution is 2.17. The zero-order valence-corrected chi connectivity index (χ0v) is 11.8. The van der Waals surface area contributed by atoms with Crippen molar-refractivity contribution in [3.8, 4) is 0 Å². The van der Waals surface area contributed by atoms with Crippen LogP contribution in [-0.2, 0) is 4.79 Å². The summed E-state index contributed by atoms with van der Waals surface area (Å²) in [6.45, 7) is 3.72. The van der Waals surface area contributed by atoms with Gasteiger partial charge in [-0.15, -0.1) is 0 Å². The van der Waals surface area contributed by atoms with E-state index in [0.717, 1.165) is 19.3 Å². The third kappa shape index (κ3) is 7.25. The third-order valence-electron chi connectivity index (χ3n) is 2.70. The number of carbonyl (C=O) groups is 1. The van der Waals surface area contributed by atoms with E-state index in [2.05, 4.69) is 17.6 Å². The smallest absolute Gasteiger partial charge is 0.129 e. The van der Waals surface area contributed by atoms with E-state index in [1.807, 2.05) is 25.9 Å². The minimum atomic E-state index is 0.307. The van der Waals surface area contributed by atoms with Gasteiger partial charge >= 0.3 is 0 Å². The quantitative estimate of drug-likeness (QED) is 0.774. The van der Waals surface area contributed by atoms with Crippen molar-refractivity contribution in [3.63, 3.8) is 0 Å². The van der Waals surface area contributed by atoms with Gasteiger partial charge in [-0.2, -0.15) is 11.8 Å². The molecule has 1 aliphatic heterocycles. The number of unbranched alkanes of at least 4 members (excludes halogenated alkanes) is 1. The molecule has 2 N–H and O–H groups in total. The summed E-state index contributed by atoms with van der Waals surface area (Å²) in [6.07, 6.45) is 2.94. The van der Waals surface area contributed by atoms with E-state index in [-0.39, 0.29) is 0 Å². The molecular weight excluding hydrogens is 220 g/mol. The van der Waals surface area contributed by atoms with Gasteiger partial charge in [0.05, 0.1) is 0 Å². The lowest BCUT2D eigenvalue weighted by Crippen LogP contribution is -2.43. The van der Waals surface area contributed by atoms with Gasteiger partial charge in [0, 0.05) is 30.0 Å². The number of likely N-dealkylation sites (N-methyl/N-ethyl adjacent to an activating group) is 2. The number of rotatable bonds is 5. The molecule has 0 radical (unpaired) electrons. The van der Waals surface area contributed by atoms with Crippen molar-refractivity contribution in [2.24, 2.45) is 0 Å². The van der Waals surface area contributed by atoms with Gasteiger partial charge in [-0.05, 0) is 27.4 Å². The van der Waals surface area contributed by atoms with Crippen LogP contribution in [-0.4, -0.2) is 43.5 Å². The molecular formula is C12H26N2OS. The van der Waals surface area contributed by atoms with E-state index in [0.29, 0.717) is 17.9 Å². The Bertz CT molecular complexity index is 178. The average Bonchev–Trinajstić information content (AvgIpc) is 2.74. The summed E-state index contributed by atoms with van der Waals surface area (Å²) < 4.78 is 0. The molecule has 0 bridgehead atoms. The zero-order chi connectivity index (χ0) is 12.4. The molecule has 4 heteroatoms. The summed E-state index contributed by atoms with van der Waals surface area (Å²) in [5.41, 5.74) is 0. The molecule has 0 aromatic rings. The Kier molecular flexibility index (Phi) is 10.1. The van der Waals surface area contributed by atoms with E-state index in [1.54, 1.807) is 6.92 Å². The molecule has 96 valence electrons. The van der Waals surface area contributed by atoms with E-state index in [4.69, 9.17) is 0 Å². The van der Waals surface area contributed by atoms with Crippen molar-refractivity contribution in [1.82, 2.24) is 10.6 Å². The molecule has 0 saturated carbocycles. The highest BCUT2D eigenvalue weighted by Gasteiger charge is 2.24. The fraction of sp³-hybridized carbons (Fsp3) is 0.917. The molecule has 0 spiro atoms. The molecule has 0 aromatic heterocycles. The van der Waals surface area contributed by atoms with Crippen LogP contribution >= 0.6 is 11.8 Å². The van der Waals surface area contributed by atoms with E-state index >= 15 is 0 Å². The Balaban J connectivity index is 0.000000293. The van der Waals surface area contributed by atoms with Gasteiger partial charge in [0.2, 0.25) is 0 Å². The summed E-state index contributed by atoms with van der Waals surface area (Å²) in [6, 6.07) is 1.36. The number of ketones is 1. The summed E-state index contributed by atoms with van der Waals surface area (Å²) in [5.74, 6) is 2.81. The maximum absolute atomic E-state index is 10.2. The average molecular weight is 246 g/mol. The molecule has 1 rings (SSSR count). The van der Waals surface area contributed by atoms with Crippen LogP contribution in [0.1, 0.15) is 33.1 Å². The lowest BCUT2D eigenvalue weighted by molar-refractivity contribution is -0.117. The van der Waals surface area contributed by atoms with Crippen LogP contribution in [0.4, 0.5) is 0 Å². The van der Waals surface area contributed by atoms with Crippen LogP contribution in [0.15, 0.2) is 0 Å². The van der Waals surface area contributed by atoms with Crippen molar-refractivity contribution in [3.05, 3.63) is 0 Å². The molecule has 1 saturated heterocycles. The van der Waals surface area contributed by atoms with Crippen LogP contribution in [0.3, 0.4) is 0 Å². The molecule has 2 atom stereocenters. The Morgan fingerprint density at radius 1 is 1.25 bits per heavy atom. The lowest BCUT2D eigenvalue weighted by atomic mass is 10.2. The van der Waals surface area contributed by atoms with Crippen molar-refractivity contribution in [2.45, 2.75) is 45.2 Å². The van der Waals surface area contributed by atoms with Gasteiger partial charge in [-0.1, -0.05) is 13.3 Å². The minimum absolute atomic E-state index is 0.307. The normalized spacial score (nSPS) is 23.8.